The quantitative estimate of drug-likeness (QED) is 0.619. The predicted octanol–water partition coefficient (Wildman–Crippen LogP) is 0.333. The molecule has 0 saturated carbocycles. The molecule has 0 aromatic rings. The lowest BCUT2D eigenvalue weighted by Crippen LogP contribution is -2.29. The lowest BCUT2D eigenvalue weighted by molar-refractivity contribution is -0.129. The van der Waals surface area contributed by atoms with Crippen LogP contribution in [0.3, 0.4) is 0 Å². The summed E-state index contributed by atoms with van der Waals surface area (Å²) in [7, 11) is 0. The zero-order valence-electron chi connectivity index (χ0n) is 6.55. The molecular formula is C7H13NO2. The second kappa shape index (κ2) is 3.34. The molecule has 0 rings (SSSR count). The number of hydrogen-bond donors (Lipinski definition) is 1. The van der Waals surface area contributed by atoms with Crippen LogP contribution in [0.2, 0.25) is 0 Å². The predicted molar refractivity (Wildman–Crippen MR) is 38.2 cm³/mol. The van der Waals surface area contributed by atoms with Gasteiger partial charge in [0.2, 0.25) is 5.91 Å². The Bertz CT molecular complexity index is 136. The summed E-state index contributed by atoms with van der Waals surface area (Å²) >= 11 is 0. The fourth-order valence-electron chi connectivity index (χ4n) is 0.598. The number of nitrogens with two attached hydrogens (primary N) is 1. The van der Waals surface area contributed by atoms with Crippen molar-refractivity contribution >= 4 is 11.7 Å². The van der Waals surface area contributed by atoms with E-state index in [1.807, 2.05) is 0 Å². The molecule has 0 aromatic carbocycles. The molecule has 2 N–H and O–H groups in total. The minimum Gasteiger partial charge on any atom is -0.369 e. The molecule has 2 unspecified atom stereocenters. The molecular weight excluding hydrogens is 130 g/mol. The maximum Gasteiger partial charge on any atom is 0.220 e. The molecule has 58 valence electrons. The van der Waals surface area contributed by atoms with Crippen LogP contribution in [0.4, 0.5) is 0 Å². The molecule has 0 heterocycles. The van der Waals surface area contributed by atoms with Crippen LogP contribution < -0.4 is 5.73 Å². The van der Waals surface area contributed by atoms with Crippen LogP contribution in [-0.4, -0.2) is 11.7 Å². The Balaban J connectivity index is 4.07. The van der Waals surface area contributed by atoms with Gasteiger partial charge in [0, 0.05) is 11.8 Å². The Kier molecular flexibility index (Phi) is 3.06. The van der Waals surface area contributed by atoms with Crippen molar-refractivity contribution in [2.45, 2.75) is 20.8 Å². The van der Waals surface area contributed by atoms with Crippen molar-refractivity contribution < 1.29 is 9.59 Å². The van der Waals surface area contributed by atoms with Crippen LogP contribution in [0.25, 0.3) is 0 Å². The number of Topliss-reactive ketones (excluding diaryl/α,β-unsaturated/α-hetero) is 1. The van der Waals surface area contributed by atoms with Gasteiger partial charge in [-0.25, -0.2) is 0 Å². The first-order valence-corrected chi connectivity index (χ1v) is 3.26. The van der Waals surface area contributed by atoms with Gasteiger partial charge in [0.1, 0.15) is 5.78 Å². The highest BCUT2D eigenvalue weighted by molar-refractivity contribution is 5.86. The number of rotatable bonds is 3. The normalized spacial score (nSPS) is 15.9. The van der Waals surface area contributed by atoms with Crippen molar-refractivity contribution in [2.24, 2.45) is 17.6 Å². The number of carbonyl (C=O) groups is 2. The number of amides is 1. The average Bonchev–Trinajstić information content (AvgIpc) is 1.84. The van der Waals surface area contributed by atoms with Crippen LogP contribution in [-0.2, 0) is 9.59 Å². The van der Waals surface area contributed by atoms with E-state index in [1.54, 1.807) is 13.8 Å². The lowest BCUT2D eigenvalue weighted by atomic mass is 9.92. The molecule has 1 amide bonds. The molecule has 0 radical (unpaired) electrons. The highest BCUT2D eigenvalue weighted by Crippen LogP contribution is 2.10. The van der Waals surface area contributed by atoms with Crippen molar-refractivity contribution in [1.82, 2.24) is 0 Å². The van der Waals surface area contributed by atoms with E-state index in [0.717, 1.165) is 0 Å². The van der Waals surface area contributed by atoms with Gasteiger partial charge in [-0.15, -0.1) is 0 Å². The topological polar surface area (TPSA) is 60.2 Å². The Labute approximate surface area is 60.6 Å². The summed E-state index contributed by atoms with van der Waals surface area (Å²) in [5, 5.41) is 0. The Hall–Kier alpha value is -0.860. The van der Waals surface area contributed by atoms with Crippen LogP contribution in [0, 0.1) is 11.8 Å². The highest BCUT2D eigenvalue weighted by Gasteiger charge is 2.20. The van der Waals surface area contributed by atoms with E-state index < -0.39 is 5.91 Å². The molecule has 0 aliphatic heterocycles. The third-order valence-corrected chi connectivity index (χ3v) is 1.84. The van der Waals surface area contributed by atoms with Gasteiger partial charge in [-0.2, -0.15) is 0 Å². The second-order valence-electron chi connectivity index (χ2n) is 2.59. The van der Waals surface area contributed by atoms with Crippen LogP contribution in [0.5, 0.6) is 0 Å². The minimum atomic E-state index is -0.414. The standard InChI is InChI=1S/C7H13NO2/c1-4(6(3)9)5(2)7(8)10/h4-5H,1-3H3,(H2,8,10). The summed E-state index contributed by atoms with van der Waals surface area (Å²) in [6.07, 6.45) is 0. The summed E-state index contributed by atoms with van der Waals surface area (Å²) in [6, 6.07) is 0. The van der Waals surface area contributed by atoms with Crippen molar-refractivity contribution in [2.75, 3.05) is 0 Å². The van der Waals surface area contributed by atoms with E-state index in [-0.39, 0.29) is 17.6 Å². The molecule has 0 aliphatic carbocycles. The van der Waals surface area contributed by atoms with Gasteiger partial charge in [0.05, 0.1) is 0 Å². The molecule has 0 spiro atoms. The molecule has 2 atom stereocenters. The second-order valence-corrected chi connectivity index (χ2v) is 2.59. The van der Waals surface area contributed by atoms with E-state index in [2.05, 4.69) is 0 Å². The molecule has 0 fully saturated rings. The molecule has 3 nitrogen and oxygen atoms in total. The summed E-state index contributed by atoms with van der Waals surface area (Å²) in [6.45, 7) is 4.83. The molecule has 10 heavy (non-hydrogen) atoms. The first-order chi connectivity index (χ1) is 4.46. The number of hydrogen-bond acceptors (Lipinski definition) is 2. The zero-order valence-corrected chi connectivity index (χ0v) is 6.55. The maximum atomic E-state index is 10.7. The van der Waals surface area contributed by atoms with Gasteiger partial charge in [-0.3, -0.25) is 9.59 Å². The largest absolute Gasteiger partial charge is 0.369 e. The maximum absolute atomic E-state index is 10.7. The monoisotopic (exact) mass is 143 g/mol. The van der Waals surface area contributed by atoms with Crippen molar-refractivity contribution in [3.8, 4) is 0 Å². The van der Waals surface area contributed by atoms with E-state index in [1.165, 1.54) is 6.92 Å². The minimum absolute atomic E-state index is 0.00583. The van der Waals surface area contributed by atoms with Gasteiger partial charge in [-0.1, -0.05) is 13.8 Å². The fourth-order valence-corrected chi connectivity index (χ4v) is 0.598. The lowest BCUT2D eigenvalue weighted by Gasteiger charge is -2.12. The smallest absolute Gasteiger partial charge is 0.220 e. The fraction of sp³-hybridized carbons (Fsp3) is 0.714. The van der Waals surface area contributed by atoms with E-state index in [9.17, 15) is 9.59 Å². The third kappa shape index (κ3) is 2.17. The Morgan fingerprint density at radius 2 is 1.60 bits per heavy atom. The van der Waals surface area contributed by atoms with E-state index >= 15 is 0 Å². The van der Waals surface area contributed by atoms with Crippen LogP contribution in [0.15, 0.2) is 0 Å². The van der Waals surface area contributed by atoms with Crippen LogP contribution >= 0.6 is 0 Å². The van der Waals surface area contributed by atoms with E-state index in [0.29, 0.717) is 0 Å². The SMILES string of the molecule is CC(=O)C(C)C(C)C(N)=O. The highest BCUT2D eigenvalue weighted by atomic mass is 16.1. The van der Waals surface area contributed by atoms with Crippen LogP contribution in [0.1, 0.15) is 20.8 Å². The molecule has 0 bridgehead atoms. The summed E-state index contributed by atoms with van der Waals surface area (Å²) in [5.74, 6) is -1.01. The molecule has 3 heteroatoms. The van der Waals surface area contributed by atoms with Crippen molar-refractivity contribution in [1.29, 1.82) is 0 Å². The summed E-state index contributed by atoms with van der Waals surface area (Å²) in [4.78, 5) is 21.2. The summed E-state index contributed by atoms with van der Waals surface area (Å²) in [5.41, 5.74) is 4.98. The number of ketones is 1. The Morgan fingerprint density at radius 1 is 1.20 bits per heavy atom. The average molecular weight is 143 g/mol. The third-order valence-electron chi connectivity index (χ3n) is 1.84. The zero-order chi connectivity index (χ0) is 8.31. The van der Waals surface area contributed by atoms with Crippen molar-refractivity contribution in [3.05, 3.63) is 0 Å². The number of carbonyl (C=O) groups excluding carboxylic acids is 2. The number of primary amides is 1. The van der Waals surface area contributed by atoms with Gasteiger partial charge in [0.15, 0.2) is 0 Å². The van der Waals surface area contributed by atoms with E-state index in [4.69, 9.17) is 5.73 Å². The van der Waals surface area contributed by atoms with Gasteiger partial charge >= 0.3 is 0 Å². The van der Waals surface area contributed by atoms with Gasteiger partial charge in [0.25, 0.3) is 0 Å². The molecule has 0 aromatic heterocycles. The molecule has 0 saturated heterocycles. The summed E-state index contributed by atoms with van der Waals surface area (Å²) < 4.78 is 0. The van der Waals surface area contributed by atoms with Gasteiger partial charge < -0.3 is 5.73 Å². The molecule has 0 aliphatic rings. The van der Waals surface area contributed by atoms with Crippen molar-refractivity contribution in [3.63, 3.8) is 0 Å². The Morgan fingerprint density at radius 3 is 1.70 bits per heavy atom. The first kappa shape index (κ1) is 9.14. The first-order valence-electron chi connectivity index (χ1n) is 3.26. The van der Waals surface area contributed by atoms with Gasteiger partial charge in [-0.05, 0) is 6.92 Å².